The lowest BCUT2D eigenvalue weighted by atomic mass is 10.1. The predicted octanol–water partition coefficient (Wildman–Crippen LogP) is 1.23. The van der Waals surface area contributed by atoms with Crippen LogP contribution in [0.25, 0.3) is 0 Å². The molecule has 0 bridgehead atoms. The van der Waals surface area contributed by atoms with Gasteiger partial charge in [0.2, 0.25) is 5.91 Å². The third kappa shape index (κ3) is 6.17. The number of hydrogen-bond donors (Lipinski definition) is 4. The standard InChI is InChI=1S/C17H28N4O3/c1-11(2)20-14(6-4-5-9-18)17(23)21-12-7-8-15(24-3)13(10-12)16(19)22/h7-8,10-11,14,20H,4-6,9,18H2,1-3H3,(H2,19,22)(H,21,23)/t14-/m0/s1. The van der Waals surface area contributed by atoms with Crippen molar-refractivity contribution >= 4 is 17.5 Å². The first-order chi connectivity index (χ1) is 11.4. The number of anilines is 1. The highest BCUT2D eigenvalue weighted by molar-refractivity contribution is 5.99. The lowest BCUT2D eigenvalue weighted by Crippen LogP contribution is -2.43. The second-order valence-corrected chi connectivity index (χ2v) is 5.93. The molecule has 0 unspecified atom stereocenters. The first-order valence-corrected chi connectivity index (χ1v) is 8.13. The molecule has 6 N–H and O–H groups in total. The molecule has 0 fully saturated rings. The number of amides is 2. The van der Waals surface area contributed by atoms with Crippen molar-refractivity contribution in [2.45, 2.75) is 45.2 Å². The summed E-state index contributed by atoms with van der Waals surface area (Å²) in [5.74, 6) is -0.385. The first kappa shape index (κ1) is 19.9. The molecule has 24 heavy (non-hydrogen) atoms. The number of nitrogens with one attached hydrogen (secondary N) is 2. The van der Waals surface area contributed by atoms with Crippen LogP contribution >= 0.6 is 0 Å². The number of unbranched alkanes of at least 4 members (excludes halogenated alkanes) is 1. The molecule has 1 aromatic rings. The van der Waals surface area contributed by atoms with Crippen molar-refractivity contribution in [3.05, 3.63) is 23.8 Å². The normalized spacial score (nSPS) is 12.0. The molecular formula is C17H28N4O3. The number of methoxy groups -OCH3 is 1. The number of hydrogen-bond acceptors (Lipinski definition) is 5. The van der Waals surface area contributed by atoms with Gasteiger partial charge in [0.15, 0.2) is 0 Å². The number of nitrogens with two attached hydrogens (primary N) is 2. The molecule has 0 heterocycles. The predicted molar refractivity (Wildman–Crippen MR) is 95.1 cm³/mol. The molecule has 0 saturated heterocycles. The Morgan fingerprint density at radius 2 is 1.96 bits per heavy atom. The van der Waals surface area contributed by atoms with E-state index in [2.05, 4.69) is 10.6 Å². The summed E-state index contributed by atoms with van der Waals surface area (Å²) >= 11 is 0. The summed E-state index contributed by atoms with van der Waals surface area (Å²) in [6, 6.07) is 4.65. The molecule has 1 atom stereocenters. The number of benzene rings is 1. The van der Waals surface area contributed by atoms with E-state index >= 15 is 0 Å². The summed E-state index contributed by atoms with van der Waals surface area (Å²) in [6.45, 7) is 4.58. The van der Waals surface area contributed by atoms with E-state index in [9.17, 15) is 9.59 Å². The van der Waals surface area contributed by atoms with Crippen molar-refractivity contribution in [3.63, 3.8) is 0 Å². The molecule has 0 spiro atoms. The highest BCUT2D eigenvalue weighted by atomic mass is 16.5. The van der Waals surface area contributed by atoms with E-state index in [1.165, 1.54) is 13.2 Å². The zero-order valence-corrected chi connectivity index (χ0v) is 14.6. The lowest BCUT2D eigenvalue weighted by molar-refractivity contribution is -0.118. The van der Waals surface area contributed by atoms with Crippen molar-refractivity contribution < 1.29 is 14.3 Å². The molecule has 0 radical (unpaired) electrons. The number of rotatable bonds is 10. The minimum atomic E-state index is -0.609. The molecule has 1 aromatic carbocycles. The van der Waals surface area contributed by atoms with E-state index in [0.717, 1.165) is 12.8 Å². The van der Waals surface area contributed by atoms with Gasteiger partial charge in [-0.25, -0.2) is 0 Å². The smallest absolute Gasteiger partial charge is 0.252 e. The maximum absolute atomic E-state index is 12.5. The Morgan fingerprint density at radius 3 is 2.50 bits per heavy atom. The van der Waals surface area contributed by atoms with Gasteiger partial charge >= 0.3 is 0 Å². The summed E-state index contributed by atoms with van der Waals surface area (Å²) in [7, 11) is 1.46. The van der Waals surface area contributed by atoms with Crippen LogP contribution in [0.2, 0.25) is 0 Å². The van der Waals surface area contributed by atoms with Gasteiger partial charge in [-0.1, -0.05) is 20.3 Å². The van der Waals surface area contributed by atoms with E-state index in [1.54, 1.807) is 12.1 Å². The number of ether oxygens (including phenoxy) is 1. The van der Waals surface area contributed by atoms with Crippen molar-refractivity contribution in [1.82, 2.24) is 5.32 Å². The highest BCUT2D eigenvalue weighted by Crippen LogP contribution is 2.22. The number of primary amides is 1. The molecule has 7 heteroatoms. The van der Waals surface area contributed by atoms with Gasteiger partial charge in [0.1, 0.15) is 5.75 Å². The second kappa shape index (κ2) is 9.89. The van der Waals surface area contributed by atoms with Crippen molar-refractivity contribution in [2.24, 2.45) is 11.5 Å². The van der Waals surface area contributed by atoms with Gasteiger partial charge in [0.25, 0.3) is 5.91 Å². The van der Waals surface area contributed by atoms with Gasteiger partial charge in [-0.05, 0) is 37.6 Å². The summed E-state index contributed by atoms with van der Waals surface area (Å²) < 4.78 is 5.09. The quantitative estimate of drug-likeness (QED) is 0.479. The van der Waals surface area contributed by atoms with Gasteiger partial charge in [0, 0.05) is 11.7 Å². The number of carbonyl (C=O) groups is 2. The Kier molecular flexibility index (Phi) is 8.21. The fourth-order valence-electron chi connectivity index (χ4n) is 2.39. The van der Waals surface area contributed by atoms with Gasteiger partial charge in [0.05, 0.1) is 18.7 Å². The molecule has 0 aromatic heterocycles. The molecule has 2 amide bonds. The Morgan fingerprint density at radius 1 is 1.25 bits per heavy atom. The average molecular weight is 336 g/mol. The third-order valence-electron chi connectivity index (χ3n) is 3.53. The SMILES string of the molecule is COc1ccc(NC(=O)[C@H](CCCCN)NC(C)C)cc1C(N)=O. The van der Waals surface area contributed by atoms with E-state index in [0.29, 0.717) is 24.4 Å². The zero-order valence-electron chi connectivity index (χ0n) is 14.6. The highest BCUT2D eigenvalue weighted by Gasteiger charge is 2.19. The van der Waals surface area contributed by atoms with Gasteiger partial charge in [-0.15, -0.1) is 0 Å². The minimum absolute atomic E-state index is 0.152. The van der Waals surface area contributed by atoms with Gasteiger partial charge < -0.3 is 26.8 Å². The Bertz CT molecular complexity index is 561. The first-order valence-electron chi connectivity index (χ1n) is 8.13. The lowest BCUT2D eigenvalue weighted by Gasteiger charge is -2.21. The number of carbonyl (C=O) groups excluding carboxylic acids is 2. The molecule has 134 valence electrons. The molecule has 0 aliphatic rings. The second-order valence-electron chi connectivity index (χ2n) is 5.93. The van der Waals surface area contributed by atoms with Gasteiger partial charge in [-0.3, -0.25) is 9.59 Å². The van der Waals surface area contributed by atoms with E-state index in [4.69, 9.17) is 16.2 Å². The van der Waals surface area contributed by atoms with E-state index in [1.807, 2.05) is 13.8 Å². The molecule has 7 nitrogen and oxygen atoms in total. The van der Waals surface area contributed by atoms with Crippen LogP contribution < -0.4 is 26.8 Å². The van der Waals surface area contributed by atoms with Crippen LogP contribution in [0.3, 0.4) is 0 Å². The Hall–Kier alpha value is -2.12. The summed E-state index contributed by atoms with van der Waals surface area (Å²) in [6.07, 6.45) is 2.43. The van der Waals surface area contributed by atoms with Crippen molar-refractivity contribution in [2.75, 3.05) is 19.0 Å². The van der Waals surface area contributed by atoms with Crippen LogP contribution in [-0.4, -0.2) is 37.6 Å². The summed E-state index contributed by atoms with van der Waals surface area (Å²) in [5.41, 5.74) is 11.6. The minimum Gasteiger partial charge on any atom is -0.496 e. The van der Waals surface area contributed by atoms with E-state index in [-0.39, 0.29) is 23.6 Å². The summed E-state index contributed by atoms with van der Waals surface area (Å²) in [5, 5.41) is 6.07. The maximum Gasteiger partial charge on any atom is 0.252 e. The Balaban J connectivity index is 2.85. The van der Waals surface area contributed by atoms with Crippen LogP contribution in [0.5, 0.6) is 5.75 Å². The van der Waals surface area contributed by atoms with Crippen LogP contribution in [-0.2, 0) is 4.79 Å². The van der Waals surface area contributed by atoms with Crippen molar-refractivity contribution in [1.29, 1.82) is 0 Å². The van der Waals surface area contributed by atoms with Crippen LogP contribution in [0.4, 0.5) is 5.69 Å². The Labute approximate surface area is 143 Å². The average Bonchev–Trinajstić information content (AvgIpc) is 2.53. The maximum atomic E-state index is 12.5. The van der Waals surface area contributed by atoms with Crippen LogP contribution in [0, 0.1) is 0 Å². The van der Waals surface area contributed by atoms with E-state index < -0.39 is 5.91 Å². The zero-order chi connectivity index (χ0) is 18.1. The topological polar surface area (TPSA) is 119 Å². The largest absolute Gasteiger partial charge is 0.496 e. The molecule has 0 saturated carbocycles. The van der Waals surface area contributed by atoms with Crippen molar-refractivity contribution in [3.8, 4) is 5.75 Å². The monoisotopic (exact) mass is 336 g/mol. The molecule has 0 aliphatic heterocycles. The van der Waals surface area contributed by atoms with Crippen LogP contribution in [0.1, 0.15) is 43.5 Å². The molecule has 1 rings (SSSR count). The van der Waals surface area contributed by atoms with Gasteiger partial charge in [-0.2, -0.15) is 0 Å². The summed E-state index contributed by atoms with van der Waals surface area (Å²) in [4.78, 5) is 24.0. The third-order valence-corrected chi connectivity index (χ3v) is 3.53. The fourth-order valence-corrected chi connectivity index (χ4v) is 2.39. The molecular weight excluding hydrogens is 308 g/mol. The van der Waals surface area contributed by atoms with Crippen LogP contribution in [0.15, 0.2) is 18.2 Å². The fraction of sp³-hybridized carbons (Fsp3) is 0.529. The molecule has 0 aliphatic carbocycles.